The van der Waals surface area contributed by atoms with Crippen molar-refractivity contribution in [2.75, 3.05) is 5.73 Å². The highest BCUT2D eigenvalue weighted by Gasteiger charge is 2.04. The maximum absolute atomic E-state index is 11.9. The number of hydrogen-bond acceptors (Lipinski definition) is 3. The molecule has 0 amide bonds. The predicted octanol–water partition coefficient (Wildman–Crippen LogP) is 1.69. The van der Waals surface area contributed by atoms with Gasteiger partial charge in [0.25, 0.3) is 5.56 Å². The predicted molar refractivity (Wildman–Crippen MR) is 72.5 cm³/mol. The van der Waals surface area contributed by atoms with Gasteiger partial charge in [0.1, 0.15) is 5.82 Å². The van der Waals surface area contributed by atoms with Crippen molar-refractivity contribution in [3.8, 4) is 0 Å². The van der Waals surface area contributed by atoms with Crippen LogP contribution in [0.5, 0.6) is 0 Å². The average Bonchev–Trinajstić information content (AvgIpc) is 2.30. The van der Waals surface area contributed by atoms with Crippen LogP contribution in [-0.2, 0) is 13.0 Å². The van der Waals surface area contributed by atoms with Gasteiger partial charge in [-0.25, -0.2) is 4.98 Å². The second kappa shape index (κ2) is 5.04. The number of para-hydroxylation sites is 1. The lowest BCUT2D eigenvalue weighted by Crippen LogP contribution is -2.24. The Bertz CT molecular complexity index is 617. The number of hydrogen-bond donors (Lipinski definition) is 1. The number of benzene rings is 1. The highest BCUT2D eigenvalue weighted by molar-refractivity contribution is 5.46. The van der Waals surface area contributed by atoms with E-state index in [1.807, 2.05) is 38.1 Å². The molecule has 1 aromatic carbocycles. The van der Waals surface area contributed by atoms with E-state index in [-0.39, 0.29) is 5.56 Å². The summed E-state index contributed by atoms with van der Waals surface area (Å²) < 4.78 is 1.68. The molecular weight excluding hydrogens is 226 g/mol. The van der Waals surface area contributed by atoms with Crippen molar-refractivity contribution in [2.45, 2.75) is 26.8 Å². The fourth-order valence-corrected chi connectivity index (χ4v) is 2.03. The molecule has 0 radical (unpaired) electrons. The molecule has 0 fully saturated rings. The van der Waals surface area contributed by atoms with Crippen molar-refractivity contribution in [2.24, 2.45) is 0 Å². The van der Waals surface area contributed by atoms with Gasteiger partial charge in [0.15, 0.2) is 0 Å². The van der Waals surface area contributed by atoms with E-state index in [0.717, 1.165) is 29.2 Å². The molecule has 2 aromatic rings. The van der Waals surface area contributed by atoms with Crippen LogP contribution < -0.4 is 11.3 Å². The van der Waals surface area contributed by atoms with Crippen LogP contribution in [0.4, 0.5) is 5.69 Å². The van der Waals surface area contributed by atoms with Crippen LogP contribution in [0, 0.1) is 13.8 Å². The topological polar surface area (TPSA) is 60.9 Å². The van der Waals surface area contributed by atoms with Gasteiger partial charge < -0.3 is 5.73 Å². The quantitative estimate of drug-likeness (QED) is 0.834. The molecule has 0 saturated heterocycles. The Kier molecular flexibility index (Phi) is 3.46. The molecule has 0 spiro atoms. The molecule has 18 heavy (non-hydrogen) atoms. The maximum Gasteiger partial charge on any atom is 0.253 e. The van der Waals surface area contributed by atoms with Crippen molar-refractivity contribution < 1.29 is 0 Å². The van der Waals surface area contributed by atoms with E-state index in [1.165, 1.54) is 0 Å². The minimum atomic E-state index is -0.00509. The normalized spacial score (nSPS) is 10.6. The first kappa shape index (κ1) is 12.4. The van der Waals surface area contributed by atoms with Crippen LogP contribution in [-0.4, -0.2) is 9.55 Å². The van der Waals surface area contributed by atoms with E-state index >= 15 is 0 Å². The number of aromatic nitrogens is 2. The Labute approximate surface area is 106 Å². The number of anilines is 1. The monoisotopic (exact) mass is 243 g/mol. The van der Waals surface area contributed by atoms with Gasteiger partial charge in [-0.15, -0.1) is 0 Å². The van der Waals surface area contributed by atoms with Gasteiger partial charge in [0.2, 0.25) is 0 Å². The summed E-state index contributed by atoms with van der Waals surface area (Å²) in [6, 6.07) is 9.27. The Morgan fingerprint density at radius 2 is 2.00 bits per heavy atom. The van der Waals surface area contributed by atoms with E-state index in [4.69, 9.17) is 5.73 Å². The fourth-order valence-electron chi connectivity index (χ4n) is 2.03. The van der Waals surface area contributed by atoms with E-state index in [2.05, 4.69) is 4.98 Å². The smallest absolute Gasteiger partial charge is 0.253 e. The highest BCUT2D eigenvalue weighted by Crippen LogP contribution is 2.11. The van der Waals surface area contributed by atoms with Gasteiger partial charge in [-0.2, -0.15) is 0 Å². The molecule has 0 atom stereocenters. The van der Waals surface area contributed by atoms with Crippen molar-refractivity contribution in [3.05, 3.63) is 57.8 Å². The van der Waals surface area contributed by atoms with Crippen molar-refractivity contribution >= 4 is 5.69 Å². The zero-order chi connectivity index (χ0) is 13.1. The van der Waals surface area contributed by atoms with Gasteiger partial charge >= 0.3 is 0 Å². The Balaban J connectivity index is 2.22. The standard InChI is InChI=1S/C14H17N3O/c1-10-9-14(18)17(11(2)16-10)8-7-12-5-3-4-6-13(12)15/h3-6,9H,7-8,15H2,1-2H3. The molecule has 1 aromatic heterocycles. The van der Waals surface area contributed by atoms with Crippen molar-refractivity contribution in [1.82, 2.24) is 9.55 Å². The molecule has 0 aliphatic heterocycles. The Hall–Kier alpha value is -2.10. The second-order valence-electron chi connectivity index (χ2n) is 4.38. The lowest BCUT2D eigenvalue weighted by atomic mass is 10.1. The van der Waals surface area contributed by atoms with Crippen LogP contribution in [0.25, 0.3) is 0 Å². The first-order valence-electron chi connectivity index (χ1n) is 5.96. The average molecular weight is 243 g/mol. The SMILES string of the molecule is Cc1cc(=O)n(CCc2ccccc2N)c(C)n1. The number of rotatable bonds is 3. The third-order valence-corrected chi connectivity index (χ3v) is 2.99. The molecular formula is C14H17N3O. The highest BCUT2D eigenvalue weighted by atomic mass is 16.1. The van der Waals surface area contributed by atoms with Crippen LogP contribution in [0.2, 0.25) is 0 Å². The van der Waals surface area contributed by atoms with Crippen LogP contribution in [0.15, 0.2) is 35.1 Å². The summed E-state index contributed by atoms with van der Waals surface area (Å²) in [5.74, 6) is 0.745. The summed E-state index contributed by atoms with van der Waals surface area (Å²) >= 11 is 0. The molecule has 4 heteroatoms. The zero-order valence-corrected chi connectivity index (χ0v) is 10.7. The van der Waals surface area contributed by atoms with Gasteiger partial charge in [0.05, 0.1) is 0 Å². The molecule has 4 nitrogen and oxygen atoms in total. The van der Waals surface area contributed by atoms with E-state index < -0.39 is 0 Å². The molecule has 0 unspecified atom stereocenters. The first-order chi connectivity index (χ1) is 8.58. The molecule has 2 N–H and O–H groups in total. The summed E-state index contributed by atoms with van der Waals surface area (Å²) in [5, 5.41) is 0. The second-order valence-corrected chi connectivity index (χ2v) is 4.38. The van der Waals surface area contributed by atoms with Gasteiger partial charge in [-0.05, 0) is 31.9 Å². The van der Waals surface area contributed by atoms with Gasteiger partial charge in [0, 0.05) is 24.0 Å². The largest absolute Gasteiger partial charge is 0.399 e. The maximum atomic E-state index is 11.9. The lowest BCUT2D eigenvalue weighted by Gasteiger charge is -2.10. The molecule has 0 aliphatic carbocycles. The third-order valence-electron chi connectivity index (χ3n) is 2.99. The number of nitrogen functional groups attached to an aromatic ring is 1. The first-order valence-corrected chi connectivity index (χ1v) is 5.96. The van der Waals surface area contributed by atoms with E-state index in [0.29, 0.717) is 6.54 Å². The summed E-state index contributed by atoms with van der Waals surface area (Å²) in [7, 11) is 0. The van der Waals surface area contributed by atoms with E-state index in [9.17, 15) is 4.79 Å². The van der Waals surface area contributed by atoms with Crippen LogP contribution >= 0.6 is 0 Å². The number of nitrogens with two attached hydrogens (primary N) is 1. The van der Waals surface area contributed by atoms with Gasteiger partial charge in [-0.3, -0.25) is 9.36 Å². The van der Waals surface area contributed by atoms with Crippen LogP contribution in [0.3, 0.4) is 0 Å². The third kappa shape index (κ3) is 2.59. The molecule has 0 aliphatic rings. The summed E-state index contributed by atoms with van der Waals surface area (Å²) in [5.41, 5.74) is 8.46. The summed E-state index contributed by atoms with van der Waals surface area (Å²) in [4.78, 5) is 16.2. The summed E-state index contributed by atoms with van der Waals surface area (Å²) in [6.07, 6.45) is 0.734. The lowest BCUT2D eigenvalue weighted by molar-refractivity contribution is 0.627. The Morgan fingerprint density at radius 1 is 1.28 bits per heavy atom. The fraction of sp³-hybridized carbons (Fsp3) is 0.286. The number of aryl methyl sites for hydroxylation is 3. The zero-order valence-electron chi connectivity index (χ0n) is 10.7. The van der Waals surface area contributed by atoms with Gasteiger partial charge in [-0.1, -0.05) is 18.2 Å². The number of nitrogens with zero attached hydrogens (tertiary/aromatic N) is 2. The van der Waals surface area contributed by atoms with E-state index in [1.54, 1.807) is 10.6 Å². The molecule has 0 bridgehead atoms. The summed E-state index contributed by atoms with van der Waals surface area (Å²) in [6.45, 7) is 4.28. The van der Waals surface area contributed by atoms with Crippen molar-refractivity contribution in [3.63, 3.8) is 0 Å². The van der Waals surface area contributed by atoms with Crippen molar-refractivity contribution in [1.29, 1.82) is 0 Å². The van der Waals surface area contributed by atoms with Crippen LogP contribution in [0.1, 0.15) is 17.1 Å². The minimum Gasteiger partial charge on any atom is -0.399 e. The minimum absolute atomic E-state index is 0.00509. The molecule has 94 valence electrons. The molecule has 2 rings (SSSR count). The molecule has 1 heterocycles. The Morgan fingerprint density at radius 3 is 2.67 bits per heavy atom. The molecule has 0 saturated carbocycles.